The molecule has 0 amide bonds. The summed E-state index contributed by atoms with van der Waals surface area (Å²) in [5, 5.41) is 0. The largest absolute Gasteiger partial charge is 0.495 e. The summed E-state index contributed by atoms with van der Waals surface area (Å²) in [6, 6.07) is 3.35. The van der Waals surface area contributed by atoms with Gasteiger partial charge < -0.3 is 9.15 Å². The van der Waals surface area contributed by atoms with Gasteiger partial charge in [0.2, 0.25) is 10.0 Å². The quantitative estimate of drug-likeness (QED) is 0.880. The highest BCUT2D eigenvalue weighted by atomic mass is 32.2. The average Bonchev–Trinajstić information content (AvgIpc) is 2.86. The molecule has 120 valence electrons. The van der Waals surface area contributed by atoms with Crippen LogP contribution in [0.5, 0.6) is 5.75 Å². The normalized spacial score (nSPS) is 11.6. The van der Waals surface area contributed by atoms with Gasteiger partial charge in [0.1, 0.15) is 16.9 Å². The molecule has 0 unspecified atom stereocenters. The lowest BCUT2D eigenvalue weighted by Gasteiger charge is -2.13. The second-order valence-electron chi connectivity index (χ2n) is 5.09. The molecule has 0 atom stereocenters. The number of sulfonamides is 1. The topological polar surface area (TPSA) is 81.4 Å². The van der Waals surface area contributed by atoms with Gasteiger partial charge in [-0.05, 0) is 37.1 Å². The molecule has 2 rings (SSSR count). The van der Waals surface area contributed by atoms with Crippen molar-refractivity contribution in [1.82, 2.24) is 9.71 Å². The molecule has 1 aromatic heterocycles. The summed E-state index contributed by atoms with van der Waals surface area (Å²) in [5.41, 5.74) is 2.59. The van der Waals surface area contributed by atoms with Gasteiger partial charge in [0.05, 0.1) is 12.8 Å². The van der Waals surface area contributed by atoms with Gasteiger partial charge in [0.25, 0.3) is 0 Å². The highest BCUT2D eigenvalue weighted by molar-refractivity contribution is 7.89. The molecule has 22 heavy (non-hydrogen) atoms. The molecular weight excluding hydrogens is 304 g/mol. The van der Waals surface area contributed by atoms with Gasteiger partial charge in [0.15, 0.2) is 5.89 Å². The summed E-state index contributed by atoms with van der Waals surface area (Å²) in [4.78, 5) is 4.28. The Balaban J connectivity index is 2.14. The Bertz CT molecular complexity index is 766. The lowest BCUT2D eigenvalue weighted by atomic mass is 10.1. The summed E-state index contributed by atoms with van der Waals surface area (Å²) >= 11 is 0. The lowest BCUT2D eigenvalue weighted by molar-refractivity contribution is 0.402. The number of benzene rings is 1. The highest BCUT2D eigenvalue weighted by Crippen LogP contribution is 2.27. The van der Waals surface area contributed by atoms with E-state index in [9.17, 15) is 8.42 Å². The van der Waals surface area contributed by atoms with Crippen molar-refractivity contribution in [3.8, 4) is 5.75 Å². The van der Waals surface area contributed by atoms with Crippen LogP contribution in [0.25, 0.3) is 0 Å². The maximum absolute atomic E-state index is 12.4. The molecule has 0 radical (unpaired) electrons. The van der Waals surface area contributed by atoms with E-state index in [2.05, 4.69) is 9.71 Å². The molecule has 6 nitrogen and oxygen atoms in total. The lowest BCUT2D eigenvalue weighted by Crippen LogP contribution is -2.26. The SMILES string of the molecule is COc1cc(C)c(C)cc1S(=O)(=O)NCCc1coc(C)n1. The molecule has 0 fully saturated rings. The molecule has 0 aliphatic heterocycles. The van der Waals surface area contributed by atoms with Crippen molar-refractivity contribution in [1.29, 1.82) is 0 Å². The highest BCUT2D eigenvalue weighted by Gasteiger charge is 2.20. The van der Waals surface area contributed by atoms with Crippen LogP contribution in [-0.2, 0) is 16.4 Å². The number of methoxy groups -OCH3 is 1. The summed E-state index contributed by atoms with van der Waals surface area (Å²) < 4.78 is 37.7. The summed E-state index contributed by atoms with van der Waals surface area (Å²) in [6.45, 7) is 5.76. The third kappa shape index (κ3) is 3.66. The van der Waals surface area contributed by atoms with Crippen LogP contribution in [0.3, 0.4) is 0 Å². The van der Waals surface area contributed by atoms with Crippen LogP contribution in [0.4, 0.5) is 0 Å². The maximum atomic E-state index is 12.4. The number of nitrogens with zero attached hydrogens (tertiary/aromatic N) is 1. The van der Waals surface area contributed by atoms with Crippen LogP contribution < -0.4 is 9.46 Å². The molecule has 0 spiro atoms. The van der Waals surface area contributed by atoms with Crippen LogP contribution >= 0.6 is 0 Å². The smallest absolute Gasteiger partial charge is 0.244 e. The average molecular weight is 324 g/mol. The molecule has 7 heteroatoms. The minimum atomic E-state index is -3.64. The van der Waals surface area contributed by atoms with E-state index in [0.717, 1.165) is 11.1 Å². The Morgan fingerprint density at radius 1 is 1.23 bits per heavy atom. The Morgan fingerprint density at radius 3 is 2.50 bits per heavy atom. The molecule has 0 aliphatic rings. The fourth-order valence-corrected chi connectivity index (χ4v) is 3.31. The van der Waals surface area contributed by atoms with Gasteiger partial charge >= 0.3 is 0 Å². The van der Waals surface area contributed by atoms with Crippen LogP contribution in [0.1, 0.15) is 22.7 Å². The van der Waals surface area contributed by atoms with Gasteiger partial charge in [0, 0.05) is 19.9 Å². The molecule has 0 aliphatic carbocycles. The zero-order valence-electron chi connectivity index (χ0n) is 13.1. The number of hydrogen-bond donors (Lipinski definition) is 1. The van der Waals surface area contributed by atoms with Gasteiger partial charge in [-0.15, -0.1) is 0 Å². The third-order valence-electron chi connectivity index (χ3n) is 3.41. The molecule has 1 heterocycles. The van der Waals surface area contributed by atoms with E-state index < -0.39 is 10.0 Å². The Kier molecular flexibility index (Phi) is 4.87. The van der Waals surface area contributed by atoms with Crippen LogP contribution in [0.15, 0.2) is 27.7 Å². The number of aryl methyl sites for hydroxylation is 3. The zero-order valence-corrected chi connectivity index (χ0v) is 14.0. The van der Waals surface area contributed by atoms with E-state index >= 15 is 0 Å². The fourth-order valence-electron chi connectivity index (χ4n) is 2.05. The van der Waals surface area contributed by atoms with Crippen molar-refractivity contribution in [3.05, 3.63) is 41.1 Å². The molecule has 0 saturated carbocycles. The number of nitrogens with one attached hydrogen (secondary N) is 1. The standard InChI is InChI=1S/C15H20N2O4S/c1-10-7-14(20-4)15(8-11(10)2)22(18,19)16-6-5-13-9-21-12(3)17-13/h7-9,16H,5-6H2,1-4H3. The number of ether oxygens (including phenoxy) is 1. The molecular formula is C15H20N2O4S. The number of hydrogen-bond acceptors (Lipinski definition) is 5. The number of aromatic nitrogens is 1. The van der Waals surface area contributed by atoms with Crippen molar-refractivity contribution in [2.24, 2.45) is 0 Å². The van der Waals surface area contributed by atoms with Crippen molar-refractivity contribution < 1.29 is 17.6 Å². The Hall–Kier alpha value is -1.86. The van der Waals surface area contributed by atoms with Crippen LogP contribution in [-0.4, -0.2) is 27.1 Å². The van der Waals surface area contributed by atoms with Crippen LogP contribution in [0, 0.1) is 20.8 Å². The van der Waals surface area contributed by atoms with Gasteiger partial charge in [-0.1, -0.05) is 0 Å². The van der Waals surface area contributed by atoms with Crippen molar-refractivity contribution in [2.45, 2.75) is 32.1 Å². The number of rotatable bonds is 6. The van der Waals surface area contributed by atoms with E-state index in [1.54, 1.807) is 19.1 Å². The minimum Gasteiger partial charge on any atom is -0.495 e. The fraction of sp³-hybridized carbons (Fsp3) is 0.400. The summed E-state index contributed by atoms with van der Waals surface area (Å²) in [6.07, 6.45) is 1.99. The predicted octanol–water partition coefficient (Wildman–Crippen LogP) is 2.13. The van der Waals surface area contributed by atoms with Gasteiger partial charge in [-0.25, -0.2) is 18.1 Å². The second kappa shape index (κ2) is 6.50. The Labute approximate surface area is 130 Å². The first-order valence-corrected chi connectivity index (χ1v) is 8.37. The first-order valence-electron chi connectivity index (χ1n) is 6.89. The molecule has 0 saturated heterocycles. The van der Waals surface area contributed by atoms with Gasteiger partial charge in [-0.3, -0.25) is 0 Å². The first kappa shape index (κ1) is 16.5. The molecule has 1 N–H and O–H groups in total. The minimum absolute atomic E-state index is 0.148. The van der Waals surface area contributed by atoms with E-state index in [-0.39, 0.29) is 11.4 Å². The predicted molar refractivity (Wildman–Crippen MR) is 82.6 cm³/mol. The third-order valence-corrected chi connectivity index (χ3v) is 4.89. The summed E-state index contributed by atoms with van der Waals surface area (Å²) in [5.74, 6) is 0.904. The maximum Gasteiger partial charge on any atom is 0.244 e. The zero-order chi connectivity index (χ0) is 16.3. The van der Waals surface area contributed by atoms with Gasteiger partial charge in [-0.2, -0.15) is 0 Å². The van der Waals surface area contributed by atoms with Crippen molar-refractivity contribution in [2.75, 3.05) is 13.7 Å². The van der Waals surface area contributed by atoms with E-state index in [1.807, 2.05) is 13.8 Å². The number of oxazole rings is 1. The molecule has 2 aromatic rings. The van der Waals surface area contributed by atoms with E-state index in [0.29, 0.717) is 23.8 Å². The molecule has 0 bridgehead atoms. The first-order chi connectivity index (χ1) is 10.3. The monoisotopic (exact) mass is 324 g/mol. The Morgan fingerprint density at radius 2 is 1.91 bits per heavy atom. The van der Waals surface area contributed by atoms with Crippen molar-refractivity contribution in [3.63, 3.8) is 0 Å². The van der Waals surface area contributed by atoms with Crippen LogP contribution in [0.2, 0.25) is 0 Å². The van der Waals surface area contributed by atoms with E-state index in [4.69, 9.17) is 9.15 Å². The molecule has 1 aromatic carbocycles. The summed E-state index contributed by atoms with van der Waals surface area (Å²) in [7, 11) is -2.18. The van der Waals surface area contributed by atoms with E-state index in [1.165, 1.54) is 13.4 Å². The van der Waals surface area contributed by atoms with Crippen molar-refractivity contribution >= 4 is 10.0 Å². The second-order valence-corrected chi connectivity index (χ2v) is 6.83.